The Bertz CT molecular complexity index is 424. The summed E-state index contributed by atoms with van der Waals surface area (Å²) >= 11 is 6.95. The van der Waals surface area contributed by atoms with Crippen molar-refractivity contribution in [2.24, 2.45) is 0 Å². The van der Waals surface area contributed by atoms with E-state index in [0.29, 0.717) is 0 Å². The second kappa shape index (κ2) is 4.28. The normalized spacial score (nSPS) is 10.4. The van der Waals surface area contributed by atoms with E-state index < -0.39 is 0 Å². The van der Waals surface area contributed by atoms with E-state index in [9.17, 15) is 0 Å². The molecule has 1 aromatic heterocycles. The van der Waals surface area contributed by atoms with Crippen LogP contribution in [0.15, 0.2) is 41.1 Å². The number of rotatable bonds is 2. The van der Waals surface area contributed by atoms with Gasteiger partial charge in [-0.25, -0.2) is 4.68 Å². The molecule has 72 valence electrons. The molecule has 0 aliphatic carbocycles. The maximum atomic E-state index is 4.17. The van der Waals surface area contributed by atoms with E-state index in [1.807, 2.05) is 23.0 Å². The number of halogens is 2. The molecule has 0 fully saturated rings. The first kappa shape index (κ1) is 9.93. The first-order valence-electron chi connectivity index (χ1n) is 4.15. The van der Waals surface area contributed by atoms with Gasteiger partial charge in [-0.3, -0.25) is 0 Å². The van der Waals surface area contributed by atoms with Gasteiger partial charge in [-0.1, -0.05) is 37.9 Å². The fourth-order valence-electron chi connectivity index (χ4n) is 1.21. The summed E-state index contributed by atoms with van der Waals surface area (Å²) in [6, 6.07) is 8.10. The number of hydrogen-bond donors (Lipinski definition) is 0. The van der Waals surface area contributed by atoms with E-state index in [0.717, 1.165) is 15.5 Å². The predicted octanol–water partition coefficient (Wildman–Crippen LogP) is 3.53. The fourth-order valence-corrected chi connectivity index (χ4v) is 2.58. The summed E-state index contributed by atoms with van der Waals surface area (Å²) in [4.78, 5) is 0. The van der Waals surface area contributed by atoms with E-state index in [1.165, 1.54) is 5.56 Å². The quantitative estimate of drug-likeness (QED) is 0.775. The van der Waals surface area contributed by atoms with Crippen LogP contribution in [0.3, 0.4) is 0 Å². The molecule has 14 heavy (non-hydrogen) atoms. The van der Waals surface area contributed by atoms with E-state index in [2.05, 4.69) is 49.1 Å². The third kappa shape index (κ3) is 1.91. The molecule has 0 saturated heterocycles. The molecule has 0 atom stereocenters. The van der Waals surface area contributed by atoms with Gasteiger partial charge in [0.15, 0.2) is 0 Å². The molecule has 2 nitrogen and oxygen atoms in total. The van der Waals surface area contributed by atoms with E-state index in [4.69, 9.17) is 0 Å². The Morgan fingerprint density at radius 2 is 2.21 bits per heavy atom. The van der Waals surface area contributed by atoms with Gasteiger partial charge in [0.2, 0.25) is 0 Å². The number of benzene rings is 1. The highest BCUT2D eigenvalue weighted by Crippen LogP contribution is 2.22. The predicted molar refractivity (Wildman–Crippen MR) is 63.9 cm³/mol. The SMILES string of the molecule is BrCc1ccc(-n2cccn2)cc1Br. The standard InChI is InChI=1S/C10H8Br2N2/c11-7-8-2-3-9(6-10(8)12)14-5-1-4-13-14/h1-6H,7H2. The Morgan fingerprint density at radius 3 is 2.79 bits per heavy atom. The van der Waals surface area contributed by atoms with Crippen LogP contribution in [0.4, 0.5) is 0 Å². The van der Waals surface area contributed by atoms with Gasteiger partial charge in [-0.05, 0) is 23.8 Å². The first-order valence-corrected chi connectivity index (χ1v) is 6.07. The lowest BCUT2D eigenvalue weighted by molar-refractivity contribution is 0.879. The summed E-state index contributed by atoms with van der Waals surface area (Å²) < 4.78 is 2.94. The fraction of sp³-hybridized carbons (Fsp3) is 0.100. The molecule has 2 aromatic rings. The van der Waals surface area contributed by atoms with Crippen molar-refractivity contribution < 1.29 is 0 Å². The molecule has 0 bridgehead atoms. The molecule has 0 unspecified atom stereocenters. The van der Waals surface area contributed by atoms with Gasteiger partial charge in [0.25, 0.3) is 0 Å². The Morgan fingerprint density at radius 1 is 1.36 bits per heavy atom. The van der Waals surface area contributed by atoms with Crippen molar-refractivity contribution in [3.05, 3.63) is 46.7 Å². The smallest absolute Gasteiger partial charge is 0.0656 e. The minimum Gasteiger partial charge on any atom is -0.241 e. The van der Waals surface area contributed by atoms with Crippen molar-refractivity contribution in [3.63, 3.8) is 0 Å². The summed E-state index contributed by atoms with van der Waals surface area (Å²) in [5.41, 5.74) is 2.30. The third-order valence-corrected chi connectivity index (χ3v) is 3.29. The minimum absolute atomic E-state index is 0.854. The Hall–Kier alpha value is -0.610. The zero-order valence-corrected chi connectivity index (χ0v) is 10.5. The van der Waals surface area contributed by atoms with Crippen molar-refractivity contribution in [1.82, 2.24) is 9.78 Å². The van der Waals surface area contributed by atoms with Crippen LogP contribution in [0, 0.1) is 0 Å². The van der Waals surface area contributed by atoms with Crippen molar-refractivity contribution in [2.75, 3.05) is 0 Å². The molecular formula is C10H8Br2N2. The summed E-state index contributed by atoms with van der Waals surface area (Å²) in [6.07, 6.45) is 3.70. The second-order valence-electron chi connectivity index (χ2n) is 2.86. The zero-order chi connectivity index (χ0) is 9.97. The second-order valence-corrected chi connectivity index (χ2v) is 4.28. The lowest BCUT2D eigenvalue weighted by atomic mass is 10.2. The van der Waals surface area contributed by atoms with Crippen LogP contribution in [0.5, 0.6) is 0 Å². The minimum atomic E-state index is 0.854. The molecule has 0 aliphatic heterocycles. The van der Waals surface area contributed by atoms with Crippen LogP contribution in [0.2, 0.25) is 0 Å². The molecule has 1 aromatic carbocycles. The van der Waals surface area contributed by atoms with Crippen LogP contribution < -0.4 is 0 Å². The molecule has 0 N–H and O–H groups in total. The van der Waals surface area contributed by atoms with Crippen molar-refractivity contribution in [3.8, 4) is 5.69 Å². The molecule has 0 amide bonds. The van der Waals surface area contributed by atoms with Gasteiger partial charge in [0, 0.05) is 22.2 Å². The van der Waals surface area contributed by atoms with Crippen LogP contribution in [-0.2, 0) is 5.33 Å². The van der Waals surface area contributed by atoms with Crippen LogP contribution >= 0.6 is 31.9 Å². The monoisotopic (exact) mass is 314 g/mol. The third-order valence-electron chi connectivity index (χ3n) is 1.95. The summed E-state index contributed by atoms with van der Waals surface area (Å²) in [5, 5.41) is 5.02. The summed E-state index contributed by atoms with van der Waals surface area (Å²) in [7, 11) is 0. The largest absolute Gasteiger partial charge is 0.241 e. The number of nitrogens with zero attached hydrogens (tertiary/aromatic N) is 2. The van der Waals surface area contributed by atoms with Gasteiger partial charge in [-0.2, -0.15) is 5.10 Å². The molecule has 0 aliphatic rings. The van der Waals surface area contributed by atoms with Crippen molar-refractivity contribution >= 4 is 31.9 Å². The summed E-state index contributed by atoms with van der Waals surface area (Å²) in [6.45, 7) is 0. The maximum absolute atomic E-state index is 4.17. The van der Waals surface area contributed by atoms with Crippen molar-refractivity contribution in [1.29, 1.82) is 0 Å². The van der Waals surface area contributed by atoms with E-state index in [-0.39, 0.29) is 0 Å². The van der Waals surface area contributed by atoms with E-state index in [1.54, 1.807) is 6.20 Å². The van der Waals surface area contributed by atoms with Crippen molar-refractivity contribution in [2.45, 2.75) is 5.33 Å². The average molecular weight is 316 g/mol. The number of hydrogen-bond acceptors (Lipinski definition) is 1. The molecule has 0 radical (unpaired) electrons. The van der Waals surface area contributed by atoms with Crippen LogP contribution in [0.25, 0.3) is 5.69 Å². The molecule has 1 heterocycles. The van der Waals surface area contributed by atoms with Gasteiger partial charge in [0.05, 0.1) is 5.69 Å². The first-order chi connectivity index (χ1) is 6.81. The molecular weight excluding hydrogens is 308 g/mol. The Kier molecular flexibility index (Phi) is 3.03. The van der Waals surface area contributed by atoms with Gasteiger partial charge < -0.3 is 0 Å². The average Bonchev–Trinajstić information content (AvgIpc) is 2.70. The molecule has 0 saturated carbocycles. The zero-order valence-electron chi connectivity index (χ0n) is 7.32. The lowest BCUT2D eigenvalue weighted by Crippen LogP contribution is -1.94. The Balaban J connectivity index is 2.43. The molecule has 2 rings (SSSR count). The van der Waals surface area contributed by atoms with Crippen LogP contribution in [-0.4, -0.2) is 9.78 Å². The maximum Gasteiger partial charge on any atom is 0.0656 e. The molecule has 0 spiro atoms. The van der Waals surface area contributed by atoms with Gasteiger partial charge >= 0.3 is 0 Å². The number of alkyl halides is 1. The highest BCUT2D eigenvalue weighted by molar-refractivity contribution is 9.10. The lowest BCUT2D eigenvalue weighted by Gasteiger charge is -2.04. The van der Waals surface area contributed by atoms with Gasteiger partial charge in [-0.15, -0.1) is 0 Å². The van der Waals surface area contributed by atoms with E-state index >= 15 is 0 Å². The Labute approximate surface area is 99.2 Å². The molecule has 4 heteroatoms. The topological polar surface area (TPSA) is 17.8 Å². The number of aromatic nitrogens is 2. The summed E-state index contributed by atoms with van der Waals surface area (Å²) in [5.74, 6) is 0. The van der Waals surface area contributed by atoms with Gasteiger partial charge in [0.1, 0.15) is 0 Å². The van der Waals surface area contributed by atoms with Crippen LogP contribution in [0.1, 0.15) is 5.56 Å². The highest BCUT2D eigenvalue weighted by atomic mass is 79.9. The highest BCUT2D eigenvalue weighted by Gasteiger charge is 2.01.